The molecule has 0 atom stereocenters. The zero-order valence-electron chi connectivity index (χ0n) is 10.0. The Bertz CT molecular complexity index is 429. The number of anilines is 1. The molecule has 0 spiro atoms. The summed E-state index contributed by atoms with van der Waals surface area (Å²) in [5.41, 5.74) is 2.31. The first kappa shape index (κ1) is 13.7. The summed E-state index contributed by atoms with van der Waals surface area (Å²) in [5.74, 6) is 0.423. The van der Waals surface area contributed by atoms with Crippen molar-refractivity contribution in [3.05, 3.63) is 29.3 Å². The van der Waals surface area contributed by atoms with Gasteiger partial charge in [0.2, 0.25) is 5.91 Å². The molecule has 1 aromatic carbocycles. The van der Waals surface area contributed by atoms with Gasteiger partial charge in [-0.3, -0.25) is 9.59 Å². The van der Waals surface area contributed by atoms with Gasteiger partial charge in [-0.2, -0.15) is 0 Å². The van der Waals surface area contributed by atoms with Crippen molar-refractivity contribution in [2.75, 3.05) is 11.2 Å². The van der Waals surface area contributed by atoms with E-state index in [4.69, 9.17) is 11.6 Å². The van der Waals surface area contributed by atoms with E-state index in [9.17, 15) is 9.59 Å². The first-order valence-electron chi connectivity index (χ1n) is 5.52. The van der Waals surface area contributed by atoms with Crippen LogP contribution in [0.25, 0.3) is 0 Å². The zero-order valence-corrected chi connectivity index (χ0v) is 10.8. The number of hydrogen-bond donors (Lipinski definition) is 1. The number of amides is 1. The second kappa shape index (κ2) is 6.40. The molecule has 0 aliphatic rings. The van der Waals surface area contributed by atoms with Crippen LogP contribution in [0.3, 0.4) is 0 Å². The van der Waals surface area contributed by atoms with Crippen LogP contribution in [-0.2, 0) is 11.2 Å². The number of Topliss-reactive ketones (excluding diaryl/α,β-unsaturated/α-hetero) is 1. The van der Waals surface area contributed by atoms with Crippen LogP contribution in [0.1, 0.15) is 36.2 Å². The minimum atomic E-state index is -0.141. The monoisotopic (exact) mass is 253 g/mol. The number of carbonyl (C=O) groups is 2. The smallest absolute Gasteiger partial charge is 0.221 e. The van der Waals surface area contributed by atoms with Crippen molar-refractivity contribution in [3.63, 3.8) is 0 Å². The van der Waals surface area contributed by atoms with Gasteiger partial charge in [-0.05, 0) is 31.4 Å². The molecule has 0 radical (unpaired) electrons. The maximum absolute atomic E-state index is 11.3. The average Bonchev–Trinajstić information content (AvgIpc) is 2.26. The third-order valence-corrected chi connectivity index (χ3v) is 2.67. The summed E-state index contributed by atoms with van der Waals surface area (Å²) < 4.78 is 0. The number of halogens is 1. The largest absolute Gasteiger partial charge is 0.326 e. The molecular formula is C13H16ClNO2. The molecule has 0 saturated heterocycles. The van der Waals surface area contributed by atoms with Gasteiger partial charge in [-0.25, -0.2) is 0 Å². The number of ketones is 1. The highest BCUT2D eigenvalue weighted by Gasteiger charge is 2.07. The van der Waals surface area contributed by atoms with Gasteiger partial charge in [-0.1, -0.05) is 12.1 Å². The molecule has 0 saturated carbocycles. The second-order valence-electron chi connectivity index (χ2n) is 3.90. The summed E-state index contributed by atoms with van der Waals surface area (Å²) in [7, 11) is 0. The predicted molar refractivity (Wildman–Crippen MR) is 69.8 cm³/mol. The van der Waals surface area contributed by atoms with Crippen LogP contribution in [0.15, 0.2) is 18.2 Å². The molecule has 17 heavy (non-hydrogen) atoms. The van der Waals surface area contributed by atoms with Gasteiger partial charge in [0.15, 0.2) is 5.78 Å². The minimum absolute atomic E-state index is 0.0134. The van der Waals surface area contributed by atoms with Gasteiger partial charge in [-0.15, -0.1) is 11.6 Å². The summed E-state index contributed by atoms with van der Waals surface area (Å²) in [6.07, 6.45) is 1.63. The van der Waals surface area contributed by atoms with Crippen LogP contribution in [-0.4, -0.2) is 17.6 Å². The van der Waals surface area contributed by atoms with Crippen molar-refractivity contribution in [1.29, 1.82) is 0 Å². The Hall–Kier alpha value is -1.35. The normalized spacial score (nSPS) is 10.1. The van der Waals surface area contributed by atoms with Crippen LogP contribution >= 0.6 is 11.6 Å². The van der Waals surface area contributed by atoms with Crippen LogP contribution in [0, 0.1) is 0 Å². The number of hydrogen-bond acceptors (Lipinski definition) is 2. The quantitative estimate of drug-likeness (QED) is 0.648. The summed E-state index contributed by atoms with van der Waals surface area (Å²) in [6.45, 7) is 2.96. The van der Waals surface area contributed by atoms with Crippen LogP contribution in [0.4, 0.5) is 5.69 Å². The molecule has 0 fully saturated rings. The predicted octanol–water partition coefficient (Wildman–Crippen LogP) is 3.02. The van der Waals surface area contributed by atoms with E-state index in [-0.39, 0.29) is 11.7 Å². The molecule has 3 nitrogen and oxygen atoms in total. The third kappa shape index (κ3) is 4.19. The van der Waals surface area contributed by atoms with E-state index in [1.54, 1.807) is 12.1 Å². The zero-order chi connectivity index (χ0) is 12.8. The van der Waals surface area contributed by atoms with Crippen LogP contribution in [0.5, 0.6) is 0 Å². The minimum Gasteiger partial charge on any atom is -0.326 e. The lowest BCUT2D eigenvalue weighted by Gasteiger charge is -2.10. The molecule has 1 aromatic rings. The molecule has 1 rings (SSSR count). The Morgan fingerprint density at radius 1 is 1.29 bits per heavy atom. The molecular weight excluding hydrogens is 238 g/mol. The lowest BCUT2D eigenvalue weighted by molar-refractivity contribution is -0.114. The first-order valence-corrected chi connectivity index (χ1v) is 6.05. The summed E-state index contributed by atoms with van der Waals surface area (Å²) in [4.78, 5) is 22.4. The fourth-order valence-corrected chi connectivity index (χ4v) is 1.71. The molecule has 92 valence electrons. The van der Waals surface area contributed by atoms with Gasteiger partial charge in [0.1, 0.15) is 0 Å². The van der Waals surface area contributed by atoms with Crippen LogP contribution < -0.4 is 5.32 Å². The Morgan fingerprint density at radius 2 is 2.00 bits per heavy atom. The first-order chi connectivity index (χ1) is 8.04. The van der Waals surface area contributed by atoms with E-state index in [1.165, 1.54) is 13.8 Å². The maximum Gasteiger partial charge on any atom is 0.221 e. The average molecular weight is 254 g/mol. The lowest BCUT2D eigenvalue weighted by atomic mass is 10.0. The highest BCUT2D eigenvalue weighted by Crippen LogP contribution is 2.20. The number of rotatable bonds is 5. The molecule has 4 heteroatoms. The fourth-order valence-electron chi connectivity index (χ4n) is 1.58. The summed E-state index contributed by atoms with van der Waals surface area (Å²) in [6, 6.07) is 5.36. The number of alkyl halides is 1. The molecule has 0 aliphatic carbocycles. The number of carbonyl (C=O) groups excluding carboxylic acids is 2. The van der Waals surface area contributed by atoms with E-state index >= 15 is 0 Å². The van der Waals surface area contributed by atoms with E-state index < -0.39 is 0 Å². The van der Waals surface area contributed by atoms with Crippen molar-refractivity contribution < 1.29 is 9.59 Å². The molecule has 0 aromatic heterocycles. The molecule has 0 aliphatic heterocycles. The van der Waals surface area contributed by atoms with Gasteiger partial charge >= 0.3 is 0 Å². The van der Waals surface area contributed by atoms with E-state index in [0.29, 0.717) is 17.1 Å². The second-order valence-corrected chi connectivity index (χ2v) is 4.28. The van der Waals surface area contributed by atoms with Crippen molar-refractivity contribution in [1.82, 2.24) is 0 Å². The highest BCUT2D eigenvalue weighted by molar-refractivity contribution is 6.17. The molecule has 0 unspecified atom stereocenters. The lowest BCUT2D eigenvalue weighted by Crippen LogP contribution is -2.09. The maximum atomic E-state index is 11.3. The third-order valence-electron chi connectivity index (χ3n) is 2.41. The number of aryl methyl sites for hydroxylation is 1. The Kier molecular flexibility index (Phi) is 5.16. The standard InChI is InChI=1S/C13H16ClNO2/c1-9(16)12-6-5-11(4-3-7-14)13(8-12)15-10(2)17/h5-6,8H,3-4,7H2,1-2H3,(H,15,17). The number of benzene rings is 1. The van der Waals surface area contributed by atoms with Crippen molar-refractivity contribution in [2.45, 2.75) is 26.7 Å². The van der Waals surface area contributed by atoms with E-state index in [0.717, 1.165) is 18.4 Å². The molecule has 0 heterocycles. The van der Waals surface area contributed by atoms with Crippen LogP contribution in [0.2, 0.25) is 0 Å². The van der Waals surface area contributed by atoms with Crippen molar-refractivity contribution in [2.24, 2.45) is 0 Å². The van der Waals surface area contributed by atoms with Gasteiger partial charge in [0.05, 0.1) is 0 Å². The highest BCUT2D eigenvalue weighted by atomic mass is 35.5. The van der Waals surface area contributed by atoms with Crippen molar-refractivity contribution in [3.8, 4) is 0 Å². The fraction of sp³-hybridized carbons (Fsp3) is 0.385. The van der Waals surface area contributed by atoms with Gasteiger partial charge < -0.3 is 5.32 Å². The molecule has 0 bridgehead atoms. The Labute approximate surface area is 106 Å². The molecule has 1 N–H and O–H groups in total. The molecule has 1 amide bonds. The van der Waals surface area contributed by atoms with Gasteiger partial charge in [0, 0.05) is 24.1 Å². The summed E-state index contributed by atoms with van der Waals surface area (Å²) in [5, 5.41) is 2.74. The van der Waals surface area contributed by atoms with Crippen molar-refractivity contribution >= 4 is 29.0 Å². The van der Waals surface area contributed by atoms with E-state index in [1.807, 2.05) is 6.07 Å². The Balaban J connectivity index is 3.02. The van der Waals surface area contributed by atoms with E-state index in [2.05, 4.69) is 5.32 Å². The topological polar surface area (TPSA) is 46.2 Å². The van der Waals surface area contributed by atoms with Gasteiger partial charge in [0.25, 0.3) is 0 Å². The Morgan fingerprint density at radius 3 is 2.53 bits per heavy atom. The number of nitrogens with one attached hydrogen (secondary N) is 1. The summed E-state index contributed by atoms with van der Waals surface area (Å²) >= 11 is 5.65. The SMILES string of the molecule is CC(=O)Nc1cc(C(C)=O)ccc1CCCCl.